The van der Waals surface area contributed by atoms with Crippen molar-refractivity contribution in [2.75, 3.05) is 6.54 Å². The average Bonchev–Trinajstić information content (AvgIpc) is 2.24. The molecule has 0 saturated heterocycles. The van der Waals surface area contributed by atoms with Gasteiger partial charge in [-0.15, -0.1) is 0 Å². The molecule has 0 aromatic heterocycles. The highest BCUT2D eigenvalue weighted by molar-refractivity contribution is 5.82. The zero-order valence-electron chi connectivity index (χ0n) is 11.3. The first-order chi connectivity index (χ1) is 8.34. The number of amides is 2. The maximum Gasteiger partial charge on any atom is 0.328 e. The van der Waals surface area contributed by atoms with E-state index in [9.17, 15) is 14.7 Å². The molecule has 0 rings (SSSR count). The predicted molar refractivity (Wildman–Crippen MR) is 68.3 cm³/mol. The molecule has 2 atom stereocenters. The van der Waals surface area contributed by atoms with Crippen LogP contribution in [0.1, 0.15) is 40.0 Å². The van der Waals surface area contributed by atoms with Crippen LogP contribution in [0.5, 0.6) is 0 Å². The normalized spacial score (nSPS) is 14.1. The first-order valence-corrected chi connectivity index (χ1v) is 6.29. The fourth-order valence-corrected chi connectivity index (χ4v) is 1.46. The van der Waals surface area contributed by atoms with E-state index in [1.807, 2.05) is 0 Å². The smallest absolute Gasteiger partial charge is 0.328 e. The number of carbonyl (C=O) groups excluding carboxylic acids is 1. The van der Waals surface area contributed by atoms with Gasteiger partial charge in [0.15, 0.2) is 6.04 Å². The fourth-order valence-electron chi connectivity index (χ4n) is 1.46. The summed E-state index contributed by atoms with van der Waals surface area (Å²) in [5, 5.41) is 22.7. The quantitative estimate of drug-likeness (QED) is 0.488. The van der Waals surface area contributed by atoms with Crippen LogP contribution >= 0.6 is 0 Å². The van der Waals surface area contributed by atoms with Gasteiger partial charge >= 0.3 is 12.0 Å². The second-order valence-electron chi connectivity index (χ2n) is 4.85. The summed E-state index contributed by atoms with van der Waals surface area (Å²) in [5.74, 6) is -0.606. The lowest BCUT2D eigenvalue weighted by Gasteiger charge is -2.17. The molecule has 0 aliphatic heterocycles. The molecule has 0 spiro atoms. The van der Waals surface area contributed by atoms with Crippen LogP contribution in [0.25, 0.3) is 0 Å². The topological polar surface area (TPSA) is 98.7 Å². The lowest BCUT2D eigenvalue weighted by atomic mass is 10.1. The Bertz CT molecular complexity index is 267. The van der Waals surface area contributed by atoms with E-state index >= 15 is 0 Å². The number of hydrogen-bond acceptors (Lipinski definition) is 3. The van der Waals surface area contributed by atoms with Crippen LogP contribution in [-0.4, -0.2) is 40.9 Å². The summed E-state index contributed by atoms with van der Waals surface area (Å²) >= 11 is 0. The van der Waals surface area contributed by atoms with Gasteiger partial charge in [-0.2, -0.15) is 0 Å². The van der Waals surface area contributed by atoms with Crippen LogP contribution in [0, 0.1) is 5.92 Å². The van der Waals surface area contributed by atoms with E-state index < -0.39 is 24.1 Å². The molecule has 0 aliphatic carbocycles. The molecule has 0 saturated carbocycles. The largest absolute Gasteiger partial charge is 0.480 e. The first-order valence-electron chi connectivity index (χ1n) is 6.29. The van der Waals surface area contributed by atoms with Gasteiger partial charge in [0.1, 0.15) is 0 Å². The Morgan fingerprint density at radius 1 is 1.17 bits per heavy atom. The van der Waals surface area contributed by atoms with Crippen molar-refractivity contribution in [2.45, 2.75) is 52.2 Å². The SMILES string of the molecule is CC(C)CCCCNC(=O)N[C@H](C(=O)O)[C@@H](C)O. The number of unbranched alkanes of at least 4 members (excludes halogenated alkanes) is 1. The molecule has 0 heterocycles. The van der Waals surface area contributed by atoms with Gasteiger partial charge in [0, 0.05) is 6.54 Å². The summed E-state index contributed by atoms with van der Waals surface area (Å²) in [6.07, 6.45) is 1.86. The molecule has 18 heavy (non-hydrogen) atoms. The highest BCUT2D eigenvalue weighted by Crippen LogP contribution is 2.04. The van der Waals surface area contributed by atoms with E-state index in [0.717, 1.165) is 19.3 Å². The highest BCUT2D eigenvalue weighted by atomic mass is 16.4. The van der Waals surface area contributed by atoms with Crippen LogP contribution in [0.15, 0.2) is 0 Å². The van der Waals surface area contributed by atoms with E-state index in [2.05, 4.69) is 24.5 Å². The van der Waals surface area contributed by atoms with Gasteiger partial charge in [-0.05, 0) is 19.3 Å². The zero-order valence-corrected chi connectivity index (χ0v) is 11.3. The summed E-state index contributed by atoms with van der Waals surface area (Å²) in [6.45, 7) is 6.10. The number of carboxylic acids is 1. The molecule has 0 unspecified atom stereocenters. The molecule has 0 fully saturated rings. The van der Waals surface area contributed by atoms with Crippen LogP contribution in [0.3, 0.4) is 0 Å². The van der Waals surface area contributed by atoms with Gasteiger partial charge in [0.25, 0.3) is 0 Å². The van der Waals surface area contributed by atoms with Crippen molar-refractivity contribution in [1.29, 1.82) is 0 Å². The number of carboxylic acid groups (broad SMARTS) is 1. The van der Waals surface area contributed by atoms with Gasteiger partial charge in [0.2, 0.25) is 0 Å². The summed E-state index contributed by atoms with van der Waals surface area (Å²) < 4.78 is 0. The van der Waals surface area contributed by atoms with Gasteiger partial charge in [-0.3, -0.25) is 0 Å². The fraction of sp³-hybridized carbons (Fsp3) is 0.833. The molecule has 106 valence electrons. The van der Waals surface area contributed by atoms with Crippen molar-refractivity contribution < 1.29 is 19.8 Å². The highest BCUT2D eigenvalue weighted by Gasteiger charge is 2.24. The Balaban J connectivity index is 3.79. The summed E-state index contributed by atoms with van der Waals surface area (Å²) in [7, 11) is 0. The minimum Gasteiger partial charge on any atom is -0.480 e. The van der Waals surface area contributed by atoms with E-state index in [1.54, 1.807) is 0 Å². The summed E-state index contributed by atoms with van der Waals surface area (Å²) in [4.78, 5) is 22.1. The van der Waals surface area contributed by atoms with E-state index in [4.69, 9.17) is 5.11 Å². The van der Waals surface area contributed by atoms with Crippen LogP contribution < -0.4 is 10.6 Å². The Morgan fingerprint density at radius 3 is 2.22 bits per heavy atom. The Labute approximate surface area is 108 Å². The van der Waals surface area contributed by atoms with E-state index in [-0.39, 0.29) is 0 Å². The van der Waals surface area contributed by atoms with Crippen molar-refractivity contribution in [3.05, 3.63) is 0 Å². The number of aliphatic hydroxyl groups excluding tert-OH is 1. The van der Waals surface area contributed by atoms with Crippen LogP contribution in [-0.2, 0) is 4.79 Å². The van der Waals surface area contributed by atoms with Crippen LogP contribution in [0.2, 0.25) is 0 Å². The lowest BCUT2D eigenvalue weighted by Crippen LogP contribution is -2.51. The third-order valence-electron chi connectivity index (χ3n) is 2.53. The van der Waals surface area contributed by atoms with Crippen molar-refractivity contribution >= 4 is 12.0 Å². The maximum absolute atomic E-state index is 11.4. The molecule has 6 heteroatoms. The molecular formula is C12H24N2O4. The summed E-state index contributed by atoms with van der Waals surface area (Å²) in [6, 6.07) is -1.84. The number of rotatable bonds is 8. The number of carbonyl (C=O) groups is 2. The molecule has 6 nitrogen and oxygen atoms in total. The van der Waals surface area contributed by atoms with Crippen molar-refractivity contribution in [2.24, 2.45) is 5.92 Å². The summed E-state index contributed by atoms with van der Waals surface area (Å²) in [5.41, 5.74) is 0. The van der Waals surface area contributed by atoms with E-state index in [1.165, 1.54) is 6.92 Å². The third-order valence-corrected chi connectivity index (χ3v) is 2.53. The molecule has 0 aliphatic rings. The third kappa shape index (κ3) is 7.89. The number of nitrogens with one attached hydrogen (secondary N) is 2. The van der Waals surface area contributed by atoms with Crippen molar-refractivity contribution in [3.63, 3.8) is 0 Å². The minimum atomic E-state index is -1.28. The Hall–Kier alpha value is -1.30. The Morgan fingerprint density at radius 2 is 1.78 bits per heavy atom. The number of aliphatic carboxylic acids is 1. The number of aliphatic hydroxyl groups is 1. The molecule has 0 aromatic carbocycles. The zero-order chi connectivity index (χ0) is 14.1. The van der Waals surface area contributed by atoms with Gasteiger partial charge in [-0.1, -0.05) is 26.7 Å². The number of hydrogen-bond donors (Lipinski definition) is 4. The maximum atomic E-state index is 11.4. The van der Waals surface area contributed by atoms with Crippen molar-refractivity contribution in [3.8, 4) is 0 Å². The van der Waals surface area contributed by atoms with Gasteiger partial charge in [-0.25, -0.2) is 9.59 Å². The first kappa shape index (κ1) is 16.7. The monoisotopic (exact) mass is 260 g/mol. The number of urea groups is 1. The molecule has 0 bridgehead atoms. The van der Waals surface area contributed by atoms with E-state index in [0.29, 0.717) is 12.5 Å². The predicted octanol–water partition coefficient (Wildman–Crippen LogP) is 0.946. The van der Waals surface area contributed by atoms with Gasteiger partial charge < -0.3 is 20.8 Å². The molecular weight excluding hydrogens is 236 g/mol. The molecule has 0 radical (unpaired) electrons. The molecule has 4 N–H and O–H groups in total. The molecule has 0 aromatic rings. The average molecular weight is 260 g/mol. The Kier molecular flexibility index (Phi) is 8.11. The van der Waals surface area contributed by atoms with Crippen molar-refractivity contribution in [1.82, 2.24) is 10.6 Å². The van der Waals surface area contributed by atoms with Crippen LogP contribution in [0.4, 0.5) is 4.79 Å². The standard InChI is InChI=1S/C12H24N2O4/c1-8(2)6-4-5-7-13-12(18)14-10(9(3)15)11(16)17/h8-10,15H,4-7H2,1-3H3,(H,16,17)(H2,13,14,18)/t9-,10+/m1/s1. The second kappa shape index (κ2) is 8.74. The van der Waals surface area contributed by atoms with Gasteiger partial charge in [0.05, 0.1) is 6.10 Å². The molecule has 2 amide bonds. The lowest BCUT2D eigenvalue weighted by molar-refractivity contribution is -0.141. The minimum absolute atomic E-state index is 0.505. The second-order valence-corrected chi connectivity index (χ2v) is 4.85.